The molecule has 1 aromatic heterocycles. The molecule has 0 spiro atoms. The van der Waals surface area contributed by atoms with Crippen molar-refractivity contribution < 1.29 is 23.8 Å². The molecule has 2 aromatic rings. The summed E-state index contributed by atoms with van der Waals surface area (Å²) in [6, 6.07) is 4.93. The highest BCUT2D eigenvalue weighted by Crippen LogP contribution is 2.31. The highest BCUT2D eigenvalue weighted by molar-refractivity contribution is 6.01. The minimum Gasteiger partial charge on any atom is -0.496 e. The molecule has 2 amide bonds. The van der Waals surface area contributed by atoms with E-state index in [1.54, 1.807) is 24.4 Å². The van der Waals surface area contributed by atoms with Gasteiger partial charge in [-0.1, -0.05) is 6.92 Å². The van der Waals surface area contributed by atoms with Crippen LogP contribution in [0.1, 0.15) is 23.7 Å². The van der Waals surface area contributed by atoms with Crippen molar-refractivity contribution in [2.75, 3.05) is 20.8 Å². The molecule has 1 aliphatic rings. The predicted molar refractivity (Wildman–Crippen MR) is 98.8 cm³/mol. The van der Waals surface area contributed by atoms with Crippen LogP contribution in [0.3, 0.4) is 0 Å². The first-order chi connectivity index (χ1) is 13.0. The van der Waals surface area contributed by atoms with E-state index in [9.17, 15) is 9.59 Å². The number of methoxy groups -OCH3 is 2. The molecule has 27 heavy (non-hydrogen) atoms. The van der Waals surface area contributed by atoms with Crippen molar-refractivity contribution in [2.24, 2.45) is 11.7 Å². The molecule has 3 N–H and O–H groups in total. The summed E-state index contributed by atoms with van der Waals surface area (Å²) in [6.07, 6.45) is 1.91. The Labute approximate surface area is 157 Å². The molecule has 1 fully saturated rings. The van der Waals surface area contributed by atoms with Crippen molar-refractivity contribution in [3.63, 3.8) is 0 Å². The third kappa shape index (κ3) is 3.52. The lowest BCUT2D eigenvalue weighted by molar-refractivity contribution is -0.128. The van der Waals surface area contributed by atoms with Crippen LogP contribution in [0.4, 0.5) is 0 Å². The Balaban J connectivity index is 1.87. The summed E-state index contributed by atoms with van der Waals surface area (Å²) in [5.74, 6) is 0.0721. The van der Waals surface area contributed by atoms with Crippen LogP contribution in [0.25, 0.3) is 10.8 Å². The van der Waals surface area contributed by atoms with Crippen LogP contribution in [-0.2, 0) is 9.53 Å². The molecule has 0 saturated carbocycles. The number of pyridine rings is 1. The van der Waals surface area contributed by atoms with E-state index in [0.717, 1.165) is 11.8 Å². The summed E-state index contributed by atoms with van der Waals surface area (Å²) >= 11 is 0. The maximum Gasteiger partial charge on any atom is 0.252 e. The molecule has 0 aliphatic carbocycles. The molecule has 8 nitrogen and oxygen atoms in total. The number of hydrogen-bond donors (Lipinski definition) is 2. The van der Waals surface area contributed by atoms with Crippen molar-refractivity contribution in [2.45, 2.75) is 25.5 Å². The zero-order chi connectivity index (χ0) is 19.6. The standard InChI is InChI=1S/C19H23N3O5/c1-4-11-14(22-18(24)16(11)26-3)9-27-19-12-8-15(25-2)13(17(20)23)7-10(12)5-6-21-19/h5-8,11,14,16H,4,9H2,1-3H3,(H2,20,23)(H,22,24)/t11-,14+,16-/m0/s1. The molecule has 0 radical (unpaired) electrons. The Morgan fingerprint density at radius 3 is 2.74 bits per heavy atom. The SMILES string of the molecule is CC[C@@H]1[C@H](OC)C(=O)N[C@@H]1COc1nccc2cc(C(N)=O)c(OC)cc12. The summed E-state index contributed by atoms with van der Waals surface area (Å²) < 4.78 is 16.5. The fourth-order valence-corrected chi connectivity index (χ4v) is 3.54. The lowest BCUT2D eigenvalue weighted by atomic mass is 9.96. The maximum absolute atomic E-state index is 12.0. The van der Waals surface area contributed by atoms with Crippen LogP contribution in [-0.4, -0.2) is 49.8 Å². The smallest absolute Gasteiger partial charge is 0.252 e. The van der Waals surface area contributed by atoms with E-state index < -0.39 is 12.0 Å². The van der Waals surface area contributed by atoms with Gasteiger partial charge in [0, 0.05) is 24.6 Å². The summed E-state index contributed by atoms with van der Waals surface area (Å²) in [5, 5.41) is 4.37. The van der Waals surface area contributed by atoms with Gasteiger partial charge in [-0.2, -0.15) is 0 Å². The van der Waals surface area contributed by atoms with E-state index in [0.29, 0.717) is 22.6 Å². The average molecular weight is 373 g/mol. The van der Waals surface area contributed by atoms with Gasteiger partial charge in [-0.15, -0.1) is 0 Å². The summed E-state index contributed by atoms with van der Waals surface area (Å²) in [7, 11) is 3.00. The quantitative estimate of drug-likeness (QED) is 0.755. The van der Waals surface area contributed by atoms with Crippen LogP contribution in [0.15, 0.2) is 24.4 Å². The van der Waals surface area contributed by atoms with E-state index in [4.69, 9.17) is 19.9 Å². The second-order valence-corrected chi connectivity index (χ2v) is 6.41. The van der Waals surface area contributed by atoms with E-state index in [1.165, 1.54) is 14.2 Å². The molecular formula is C19H23N3O5. The number of rotatable bonds is 7. The lowest BCUT2D eigenvalue weighted by Gasteiger charge is -2.20. The Morgan fingerprint density at radius 2 is 2.11 bits per heavy atom. The number of amides is 2. The monoisotopic (exact) mass is 373 g/mol. The average Bonchev–Trinajstić information content (AvgIpc) is 2.99. The molecule has 0 unspecified atom stereocenters. The van der Waals surface area contributed by atoms with Crippen molar-refractivity contribution in [3.8, 4) is 11.6 Å². The van der Waals surface area contributed by atoms with Crippen LogP contribution in [0, 0.1) is 5.92 Å². The number of carbonyl (C=O) groups excluding carboxylic acids is 2. The minimum absolute atomic E-state index is 0.0217. The van der Waals surface area contributed by atoms with Crippen LogP contribution >= 0.6 is 0 Å². The molecular weight excluding hydrogens is 350 g/mol. The van der Waals surface area contributed by atoms with E-state index >= 15 is 0 Å². The van der Waals surface area contributed by atoms with E-state index in [1.807, 2.05) is 6.92 Å². The van der Waals surface area contributed by atoms with Gasteiger partial charge in [0.1, 0.15) is 18.5 Å². The summed E-state index contributed by atoms with van der Waals surface area (Å²) in [6.45, 7) is 2.27. The molecule has 1 aliphatic heterocycles. The highest BCUT2D eigenvalue weighted by Gasteiger charge is 2.41. The second kappa shape index (κ2) is 7.79. The molecule has 1 aromatic carbocycles. The Bertz CT molecular complexity index is 870. The zero-order valence-corrected chi connectivity index (χ0v) is 15.5. The molecule has 3 rings (SSSR count). The van der Waals surface area contributed by atoms with Crippen molar-refractivity contribution in [3.05, 3.63) is 30.0 Å². The minimum atomic E-state index is -0.571. The maximum atomic E-state index is 12.0. The lowest BCUT2D eigenvalue weighted by Crippen LogP contribution is -2.35. The fourth-order valence-electron chi connectivity index (χ4n) is 3.54. The van der Waals surface area contributed by atoms with Gasteiger partial charge in [0.05, 0.1) is 18.7 Å². The van der Waals surface area contributed by atoms with Gasteiger partial charge in [0.15, 0.2) is 0 Å². The van der Waals surface area contributed by atoms with Crippen LogP contribution in [0.2, 0.25) is 0 Å². The number of aromatic nitrogens is 1. The Kier molecular flexibility index (Phi) is 5.46. The molecule has 144 valence electrons. The van der Waals surface area contributed by atoms with Crippen molar-refractivity contribution in [1.29, 1.82) is 0 Å². The molecule has 3 atom stereocenters. The summed E-state index contributed by atoms with van der Waals surface area (Å²) in [4.78, 5) is 27.9. The van der Waals surface area contributed by atoms with Crippen molar-refractivity contribution in [1.82, 2.24) is 10.3 Å². The zero-order valence-electron chi connectivity index (χ0n) is 15.5. The largest absolute Gasteiger partial charge is 0.496 e. The number of benzene rings is 1. The van der Waals surface area contributed by atoms with Crippen LogP contribution < -0.4 is 20.5 Å². The number of primary amides is 1. The van der Waals surface area contributed by atoms with Crippen LogP contribution in [0.5, 0.6) is 11.6 Å². The predicted octanol–water partition coefficient (Wildman–Crippen LogP) is 1.26. The molecule has 1 saturated heterocycles. The number of nitrogens with two attached hydrogens (primary N) is 1. The number of hydrogen-bond acceptors (Lipinski definition) is 6. The number of nitrogens with zero attached hydrogens (tertiary/aromatic N) is 1. The van der Waals surface area contributed by atoms with Gasteiger partial charge in [-0.3, -0.25) is 9.59 Å². The third-order valence-corrected chi connectivity index (χ3v) is 4.93. The van der Waals surface area contributed by atoms with E-state index in [2.05, 4.69) is 10.3 Å². The highest BCUT2D eigenvalue weighted by atomic mass is 16.5. The van der Waals surface area contributed by atoms with Gasteiger partial charge in [-0.25, -0.2) is 4.98 Å². The number of fused-ring (bicyclic) bond motifs is 1. The first-order valence-corrected chi connectivity index (χ1v) is 8.72. The van der Waals surface area contributed by atoms with E-state index in [-0.39, 0.29) is 24.5 Å². The number of ether oxygens (including phenoxy) is 3. The summed E-state index contributed by atoms with van der Waals surface area (Å²) in [5.41, 5.74) is 5.70. The number of carbonyl (C=O) groups is 2. The molecule has 2 heterocycles. The van der Waals surface area contributed by atoms with Crippen molar-refractivity contribution >= 4 is 22.6 Å². The van der Waals surface area contributed by atoms with Gasteiger partial charge in [-0.05, 0) is 30.0 Å². The van der Waals surface area contributed by atoms with Gasteiger partial charge in [0.2, 0.25) is 11.8 Å². The second-order valence-electron chi connectivity index (χ2n) is 6.41. The third-order valence-electron chi connectivity index (χ3n) is 4.93. The molecule has 0 bridgehead atoms. The Hall–Kier alpha value is -2.87. The topological polar surface area (TPSA) is 113 Å². The first kappa shape index (κ1) is 18.9. The van der Waals surface area contributed by atoms with Gasteiger partial charge >= 0.3 is 0 Å². The normalized spacial score (nSPS) is 21.9. The Morgan fingerprint density at radius 1 is 1.33 bits per heavy atom. The molecule has 8 heteroatoms. The number of nitrogens with one attached hydrogen (secondary N) is 1. The van der Waals surface area contributed by atoms with Gasteiger partial charge in [0.25, 0.3) is 5.91 Å². The van der Waals surface area contributed by atoms with Gasteiger partial charge < -0.3 is 25.3 Å². The fraction of sp³-hybridized carbons (Fsp3) is 0.421. The first-order valence-electron chi connectivity index (χ1n) is 8.72.